The SMILES string of the molecule is CCCCCN.CNC(=O)CCCCN.NC(N)=NCCNc1ccc(Br)cc1NC(=O)c1cc(C(=O)Nc2cc(Br)cc(NC=O)c2NCCN=C(N)N)ncn1. The Bertz CT molecular complexity index is 1800. The van der Waals surface area contributed by atoms with Crippen LogP contribution >= 0.6 is 31.9 Å². The average molecular weight is 937 g/mol. The first-order valence-corrected chi connectivity index (χ1v) is 19.9. The van der Waals surface area contributed by atoms with Gasteiger partial charge in [0.25, 0.3) is 11.8 Å². The Hall–Kier alpha value is -5.58. The van der Waals surface area contributed by atoms with Crippen molar-refractivity contribution < 1.29 is 19.2 Å². The van der Waals surface area contributed by atoms with E-state index in [0.29, 0.717) is 65.4 Å². The maximum Gasteiger partial charge on any atom is 0.274 e. The van der Waals surface area contributed by atoms with Crippen LogP contribution in [-0.4, -0.2) is 92.3 Å². The Balaban J connectivity index is 0.000000945. The molecule has 2 aromatic carbocycles. The molecule has 1 heterocycles. The standard InChI is InChI=1S/C25H29Br2N13O3.C6H14N2O.C5H13N/c26-13-1-2-15(32-3-5-34-24(28)29)16(7-13)39-22(42)19-10-20(37-11-36-19)23(43)40-18-9-14(27)8-17(38-12-41)21(18)33-4-6-35-25(30)31;1-8-6(9)4-2-3-5-7;1-2-3-4-5-6/h1-2,7-12,32-33H,3-6H2,(H,38,41)(H,39,42)(H,40,43)(H4,28,29,34)(H4,30,31,35);2-5,7H2,1H3,(H,8,9);2-6H2,1H3. The summed E-state index contributed by atoms with van der Waals surface area (Å²) < 4.78 is 1.29. The highest BCUT2D eigenvalue weighted by Crippen LogP contribution is 2.35. The van der Waals surface area contributed by atoms with Crippen LogP contribution in [0.4, 0.5) is 28.4 Å². The van der Waals surface area contributed by atoms with Crippen LogP contribution in [0.2, 0.25) is 0 Å². The largest absolute Gasteiger partial charge is 0.382 e. The van der Waals surface area contributed by atoms with Crippen molar-refractivity contribution in [3.63, 3.8) is 0 Å². The van der Waals surface area contributed by atoms with Gasteiger partial charge < -0.3 is 66.3 Å². The van der Waals surface area contributed by atoms with Crippen molar-refractivity contribution in [2.45, 2.75) is 45.4 Å². The zero-order chi connectivity index (χ0) is 43.3. The molecule has 0 radical (unpaired) electrons. The quantitative estimate of drug-likeness (QED) is 0.0316. The number of aliphatic imine (C=N–C) groups is 2. The molecule has 0 aliphatic carbocycles. The number of carbonyl (C=O) groups excluding carboxylic acids is 4. The van der Waals surface area contributed by atoms with Gasteiger partial charge in [-0.3, -0.25) is 29.2 Å². The molecule has 3 rings (SSSR count). The van der Waals surface area contributed by atoms with E-state index in [1.165, 1.54) is 25.3 Å². The molecule has 0 saturated carbocycles. The van der Waals surface area contributed by atoms with Gasteiger partial charge >= 0.3 is 0 Å². The number of halogens is 2. The maximum absolute atomic E-state index is 13.2. The number of guanidine groups is 2. The molecule has 4 amide bonds. The Kier molecular flexibility index (Phi) is 25.8. The first-order valence-electron chi connectivity index (χ1n) is 18.3. The van der Waals surface area contributed by atoms with Gasteiger partial charge in [0, 0.05) is 41.6 Å². The Morgan fingerprint density at radius 1 is 0.724 bits per heavy atom. The minimum absolute atomic E-state index is 0.0250. The van der Waals surface area contributed by atoms with Crippen LogP contribution in [0, 0.1) is 0 Å². The fraction of sp³-hybridized carbons (Fsp3) is 0.389. The van der Waals surface area contributed by atoms with E-state index in [-0.39, 0.29) is 42.3 Å². The van der Waals surface area contributed by atoms with Crippen LogP contribution in [0.15, 0.2) is 61.7 Å². The van der Waals surface area contributed by atoms with E-state index in [1.54, 1.807) is 37.4 Å². The van der Waals surface area contributed by atoms with Crippen LogP contribution in [0.1, 0.15) is 66.4 Å². The monoisotopic (exact) mass is 934 g/mol. The van der Waals surface area contributed by atoms with E-state index >= 15 is 0 Å². The van der Waals surface area contributed by atoms with Gasteiger partial charge in [-0.2, -0.15) is 0 Å². The minimum Gasteiger partial charge on any atom is -0.382 e. The van der Waals surface area contributed by atoms with E-state index in [0.717, 1.165) is 30.2 Å². The van der Waals surface area contributed by atoms with E-state index in [4.69, 9.17) is 34.4 Å². The summed E-state index contributed by atoms with van der Waals surface area (Å²) in [4.78, 5) is 64.0. The molecule has 20 nitrogen and oxygen atoms in total. The summed E-state index contributed by atoms with van der Waals surface area (Å²) in [6.07, 6.45) is 7.80. The number of amides is 4. The van der Waals surface area contributed by atoms with Gasteiger partial charge in [0.05, 0.1) is 41.5 Å². The van der Waals surface area contributed by atoms with Crippen molar-refractivity contribution >= 4 is 96.3 Å². The lowest BCUT2D eigenvalue weighted by Crippen LogP contribution is -2.24. The van der Waals surface area contributed by atoms with Crippen molar-refractivity contribution in [3.05, 3.63) is 63.1 Å². The molecular formula is C36H56Br2N16O4. The molecule has 3 aromatic rings. The molecule has 0 bridgehead atoms. The summed E-state index contributed by atoms with van der Waals surface area (Å²) in [5.41, 5.74) is 33.9. The lowest BCUT2D eigenvalue weighted by Gasteiger charge is -2.17. The smallest absolute Gasteiger partial charge is 0.274 e. The third-order valence-electron chi connectivity index (χ3n) is 7.30. The molecular weight excluding hydrogens is 880 g/mol. The number of aromatic nitrogens is 2. The molecule has 0 saturated heterocycles. The van der Waals surface area contributed by atoms with Gasteiger partial charge in [0.15, 0.2) is 11.9 Å². The molecule has 0 spiro atoms. The maximum atomic E-state index is 13.2. The van der Waals surface area contributed by atoms with Crippen molar-refractivity contribution in [2.24, 2.45) is 44.4 Å². The van der Waals surface area contributed by atoms with Crippen LogP contribution in [0.25, 0.3) is 0 Å². The highest BCUT2D eigenvalue weighted by atomic mass is 79.9. The average Bonchev–Trinajstić information content (AvgIpc) is 3.19. The number of unbranched alkanes of at least 4 members (excludes halogenated alkanes) is 3. The number of rotatable bonds is 21. The summed E-state index contributed by atoms with van der Waals surface area (Å²) in [5.74, 6) is -1.21. The van der Waals surface area contributed by atoms with E-state index < -0.39 is 11.8 Å². The van der Waals surface area contributed by atoms with Gasteiger partial charge in [0.2, 0.25) is 12.3 Å². The second kappa shape index (κ2) is 29.6. The molecule has 0 aliphatic rings. The third-order valence-corrected chi connectivity index (χ3v) is 8.25. The van der Waals surface area contributed by atoms with E-state index in [9.17, 15) is 19.2 Å². The molecule has 0 fully saturated rings. The van der Waals surface area contributed by atoms with Crippen molar-refractivity contribution in [3.8, 4) is 0 Å². The van der Waals surface area contributed by atoms with Crippen molar-refractivity contribution in [2.75, 3.05) is 72.9 Å². The molecule has 0 unspecified atom stereocenters. The third kappa shape index (κ3) is 21.1. The molecule has 0 atom stereocenters. The Morgan fingerprint density at radius 3 is 1.81 bits per heavy atom. The molecule has 318 valence electrons. The second-order valence-electron chi connectivity index (χ2n) is 11.9. The van der Waals surface area contributed by atoms with Crippen molar-refractivity contribution in [1.29, 1.82) is 0 Å². The van der Waals surface area contributed by atoms with Crippen LogP contribution in [0.3, 0.4) is 0 Å². The fourth-order valence-corrected chi connectivity index (χ4v) is 5.34. The van der Waals surface area contributed by atoms with Crippen molar-refractivity contribution in [1.82, 2.24) is 15.3 Å². The Morgan fingerprint density at radius 2 is 1.28 bits per heavy atom. The zero-order valence-corrected chi connectivity index (χ0v) is 35.9. The van der Waals surface area contributed by atoms with Crippen LogP contribution < -0.4 is 66.3 Å². The van der Waals surface area contributed by atoms with Gasteiger partial charge in [-0.05, 0) is 62.7 Å². The van der Waals surface area contributed by atoms with Gasteiger partial charge in [-0.1, -0.05) is 51.6 Å². The number of nitrogens with zero attached hydrogens (tertiary/aromatic N) is 4. The molecule has 22 heteroatoms. The number of hydrogen-bond donors (Lipinski definition) is 12. The highest BCUT2D eigenvalue weighted by Gasteiger charge is 2.18. The lowest BCUT2D eigenvalue weighted by atomic mass is 10.2. The normalized spacial score (nSPS) is 9.90. The number of anilines is 5. The highest BCUT2D eigenvalue weighted by molar-refractivity contribution is 9.10. The predicted octanol–water partition coefficient (Wildman–Crippen LogP) is 2.44. The number of hydrogen-bond acceptors (Lipinski definition) is 12. The minimum atomic E-state index is -0.636. The molecule has 58 heavy (non-hydrogen) atoms. The topological polar surface area (TPSA) is 347 Å². The predicted molar refractivity (Wildman–Crippen MR) is 240 cm³/mol. The summed E-state index contributed by atoms with van der Waals surface area (Å²) >= 11 is 6.76. The second-order valence-corrected chi connectivity index (χ2v) is 13.7. The zero-order valence-electron chi connectivity index (χ0n) is 32.7. The summed E-state index contributed by atoms with van der Waals surface area (Å²) in [7, 11) is 1.64. The number of benzene rings is 2. The van der Waals surface area contributed by atoms with Gasteiger partial charge in [0.1, 0.15) is 17.7 Å². The Labute approximate surface area is 355 Å². The summed E-state index contributed by atoms with van der Waals surface area (Å²) in [6, 6.07) is 9.79. The number of nitrogens with two attached hydrogens (primary N) is 6. The molecule has 0 aliphatic heterocycles. The molecule has 18 N–H and O–H groups in total. The first kappa shape index (κ1) is 50.4. The van der Waals surface area contributed by atoms with Crippen LogP contribution in [0.5, 0.6) is 0 Å². The van der Waals surface area contributed by atoms with Gasteiger partial charge in [-0.15, -0.1) is 0 Å². The number of nitrogens with one attached hydrogen (secondary N) is 6. The number of carbonyl (C=O) groups is 4. The van der Waals surface area contributed by atoms with Crippen LogP contribution in [-0.2, 0) is 9.59 Å². The molecule has 1 aromatic heterocycles. The first-order chi connectivity index (χ1) is 27.8. The fourth-order valence-electron chi connectivity index (χ4n) is 4.52. The van der Waals surface area contributed by atoms with Gasteiger partial charge in [-0.25, -0.2) is 9.97 Å². The lowest BCUT2D eigenvalue weighted by molar-refractivity contribution is -0.120. The summed E-state index contributed by atoms with van der Waals surface area (Å²) in [6.45, 7) is 4.97. The summed E-state index contributed by atoms with van der Waals surface area (Å²) in [5, 5.41) is 16.9. The van der Waals surface area contributed by atoms with E-state index in [1.807, 2.05) is 0 Å². The van der Waals surface area contributed by atoms with E-state index in [2.05, 4.69) is 90.6 Å².